The lowest BCUT2D eigenvalue weighted by atomic mass is 10.1. The Morgan fingerprint density at radius 2 is 2.05 bits per heavy atom. The lowest BCUT2D eigenvalue weighted by Gasteiger charge is -2.43. The number of imidazole rings is 1. The number of nitrogens with zero attached hydrogens (tertiary/aromatic N) is 6. The first kappa shape index (κ1) is 13.9. The smallest absolute Gasteiger partial charge is 0.167 e. The number of fused-ring (bicyclic) bond motifs is 1. The molecule has 2 fully saturated rings. The molecule has 7 heteroatoms. The van der Waals surface area contributed by atoms with Crippen LogP contribution in [0.1, 0.15) is 25.5 Å². The maximum atomic E-state index is 5.86. The van der Waals surface area contributed by atoms with E-state index in [1.165, 1.54) is 6.42 Å². The second-order valence-electron chi connectivity index (χ2n) is 6.36. The van der Waals surface area contributed by atoms with Crippen molar-refractivity contribution in [2.45, 2.75) is 31.5 Å². The van der Waals surface area contributed by atoms with Crippen molar-refractivity contribution in [3.63, 3.8) is 0 Å². The van der Waals surface area contributed by atoms with E-state index in [9.17, 15) is 0 Å². The van der Waals surface area contributed by atoms with Crippen LogP contribution in [0.4, 0.5) is 5.82 Å². The van der Waals surface area contributed by atoms with Crippen molar-refractivity contribution in [3.05, 3.63) is 12.7 Å². The molecule has 4 rings (SSSR count). The van der Waals surface area contributed by atoms with E-state index in [1.54, 1.807) is 6.33 Å². The van der Waals surface area contributed by atoms with Gasteiger partial charge in [0, 0.05) is 25.7 Å². The Morgan fingerprint density at radius 3 is 2.77 bits per heavy atom. The molecule has 0 radical (unpaired) electrons. The van der Waals surface area contributed by atoms with Gasteiger partial charge in [0.05, 0.1) is 6.33 Å². The Bertz CT molecular complexity index is 657. The number of anilines is 1. The molecule has 2 aliphatic rings. The second-order valence-corrected chi connectivity index (χ2v) is 6.36. The number of aromatic nitrogens is 4. The molecule has 0 aromatic carbocycles. The maximum Gasteiger partial charge on any atom is 0.167 e. The SMILES string of the molecule is CN(C)C1CN(c2ncnc3c2ncn3C2CCCCO2)C1. The third-order valence-corrected chi connectivity index (χ3v) is 4.70. The maximum absolute atomic E-state index is 5.86. The van der Waals surface area contributed by atoms with Gasteiger partial charge in [-0.25, -0.2) is 15.0 Å². The zero-order valence-electron chi connectivity index (χ0n) is 13.1. The van der Waals surface area contributed by atoms with Gasteiger partial charge in [-0.2, -0.15) is 0 Å². The molecule has 1 unspecified atom stereocenters. The van der Waals surface area contributed by atoms with Gasteiger partial charge >= 0.3 is 0 Å². The summed E-state index contributed by atoms with van der Waals surface area (Å²) in [5.41, 5.74) is 1.76. The summed E-state index contributed by atoms with van der Waals surface area (Å²) in [6.07, 6.45) is 6.91. The molecule has 0 N–H and O–H groups in total. The zero-order valence-corrected chi connectivity index (χ0v) is 13.1. The zero-order chi connectivity index (χ0) is 15.1. The first-order valence-corrected chi connectivity index (χ1v) is 7.94. The van der Waals surface area contributed by atoms with Crippen LogP contribution in [-0.2, 0) is 4.74 Å². The Kier molecular flexibility index (Phi) is 3.46. The Balaban J connectivity index is 1.63. The number of likely N-dealkylation sites (N-methyl/N-ethyl adjacent to an activating group) is 1. The molecule has 2 saturated heterocycles. The van der Waals surface area contributed by atoms with Crippen LogP contribution in [0.15, 0.2) is 12.7 Å². The van der Waals surface area contributed by atoms with E-state index >= 15 is 0 Å². The summed E-state index contributed by atoms with van der Waals surface area (Å²) in [6.45, 7) is 2.80. The number of rotatable bonds is 3. The predicted molar refractivity (Wildman–Crippen MR) is 83.9 cm³/mol. The third kappa shape index (κ3) is 2.24. The van der Waals surface area contributed by atoms with E-state index in [1.807, 2.05) is 6.33 Å². The Hall–Kier alpha value is -1.73. The van der Waals surface area contributed by atoms with Gasteiger partial charge in [0.25, 0.3) is 0 Å². The summed E-state index contributed by atoms with van der Waals surface area (Å²) in [7, 11) is 4.24. The minimum atomic E-state index is 0.0624. The molecule has 2 aromatic heterocycles. The van der Waals surface area contributed by atoms with Gasteiger partial charge < -0.3 is 14.5 Å². The average molecular weight is 302 g/mol. The highest BCUT2D eigenvalue weighted by Crippen LogP contribution is 2.30. The quantitative estimate of drug-likeness (QED) is 0.851. The highest BCUT2D eigenvalue weighted by molar-refractivity contribution is 5.83. The summed E-state index contributed by atoms with van der Waals surface area (Å²) in [6, 6.07) is 0.591. The lowest BCUT2D eigenvalue weighted by Crippen LogP contribution is -2.57. The summed E-state index contributed by atoms with van der Waals surface area (Å²) in [5.74, 6) is 0.942. The van der Waals surface area contributed by atoms with Gasteiger partial charge in [0.15, 0.2) is 17.0 Å². The van der Waals surface area contributed by atoms with Crippen LogP contribution in [0.25, 0.3) is 11.2 Å². The summed E-state index contributed by atoms with van der Waals surface area (Å²) in [4.78, 5) is 18.0. The monoisotopic (exact) mass is 302 g/mol. The number of ether oxygens (including phenoxy) is 1. The van der Waals surface area contributed by atoms with Crippen LogP contribution in [0.5, 0.6) is 0 Å². The molecule has 0 aliphatic carbocycles. The van der Waals surface area contributed by atoms with Crippen molar-refractivity contribution in [1.82, 2.24) is 24.4 Å². The fourth-order valence-electron chi connectivity index (χ4n) is 3.18. The van der Waals surface area contributed by atoms with Crippen molar-refractivity contribution in [2.24, 2.45) is 0 Å². The molecular weight excluding hydrogens is 280 g/mol. The van der Waals surface area contributed by atoms with E-state index in [4.69, 9.17) is 4.74 Å². The topological polar surface area (TPSA) is 59.3 Å². The second kappa shape index (κ2) is 5.48. The van der Waals surface area contributed by atoms with Crippen molar-refractivity contribution < 1.29 is 4.74 Å². The standard InChI is InChI=1S/C15H22N6O/c1-19(2)11-7-20(8-11)14-13-15(17-9-16-14)21(10-18-13)12-5-3-4-6-22-12/h9-12H,3-8H2,1-2H3. The molecule has 22 heavy (non-hydrogen) atoms. The van der Waals surface area contributed by atoms with Crippen LogP contribution < -0.4 is 4.90 Å². The van der Waals surface area contributed by atoms with Gasteiger partial charge in [0.2, 0.25) is 0 Å². The van der Waals surface area contributed by atoms with E-state index in [0.717, 1.165) is 49.5 Å². The van der Waals surface area contributed by atoms with E-state index in [0.29, 0.717) is 6.04 Å². The van der Waals surface area contributed by atoms with E-state index < -0.39 is 0 Å². The minimum Gasteiger partial charge on any atom is -0.358 e. The lowest BCUT2D eigenvalue weighted by molar-refractivity contribution is -0.0298. The molecule has 0 bridgehead atoms. The van der Waals surface area contributed by atoms with E-state index in [2.05, 4.69) is 43.4 Å². The first-order chi connectivity index (χ1) is 10.7. The van der Waals surface area contributed by atoms with Crippen molar-refractivity contribution in [2.75, 3.05) is 38.7 Å². The van der Waals surface area contributed by atoms with Crippen LogP contribution in [0.2, 0.25) is 0 Å². The van der Waals surface area contributed by atoms with Gasteiger partial charge in [-0.15, -0.1) is 0 Å². The summed E-state index contributed by atoms with van der Waals surface area (Å²) in [5, 5.41) is 0. The van der Waals surface area contributed by atoms with Crippen LogP contribution >= 0.6 is 0 Å². The highest BCUT2D eigenvalue weighted by atomic mass is 16.5. The summed E-state index contributed by atoms with van der Waals surface area (Å²) < 4.78 is 7.92. The van der Waals surface area contributed by atoms with E-state index in [-0.39, 0.29) is 6.23 Å². The largest absolute Gasteiger partial charge is 0.358 e. The predicted octanol–water partition coefficient (Wildman–Crippen LogP) is 1.28. The molecule has 7 nitrogen and oxygen atoms in total. The first-order valence-electron chi connectivity index (χ1n) is 7.94. The molecule has 0 saturated carbocycles. The van der Waals surface area contributed by atoms with Gasteiger partial charge in [-0.3, -0.25) is 4.57 Å². The molecule has 0 spiro atoms. The fraction of sp³-hybridized carbons (Fsp3) is 0.667. The fourth-order valence-corrected chi connectivity index (χ4v) is 3.18. The molecule has 4 heterocycles. The molecule has 118 valence electrons. The van der Waals surface area contributed by atoms with Crippen LogP contribution in [-0.4, -0.2) is 64.3 Å². The molecule has 0 amide bonds. The van der Waals surface area contributed by atoms with Gasteiger partial charge in [0.1, 0.15) is 12.6 Å². The van der Waals surface area contributed by atoms with Crippen LogP contribution in [0.3, 0.4) is 0 Å². The number of hydrogen-bond acceptors (Lipinski definition) is 6. The third-order valence-electron chi connectivity index (χ3n) is 4.70. The molecular formula is C15H22N6O. The molecule has 2 aliphatic heterocycles. The van der Waals surface area contributed by atoms with Crippen molar-refractivity contribution in [3.8, 4) is 0 Å². The van der Waals surface area contributed by atoms with Gasteiger partial charge in [-0.05, 0) is 33.4 Å². The van der Waals surface area contributed by atoms with Crippen molar-refractivity contribution in [1.29, 1.82) is 0 Å². The van der Waals surface area contributed by atoms with Crippen LogP contribution in [0, 0.1) is 0 Å². The van der Waals surface area contributed by atoms with Gasteiger partial charge in [-0.1, -0.05) is 0 Å². The minimum absolute atomic E-state index is 0.0624. The van der Waals surface area contributed by atoms with Crippen molar-refractivity contribution >= 4 is 17.0 Å². The molecule has 1 atom stereocenters. The number of hydrogen-bond donors (Lipinski definition) is 0. The molecule has 2 aromatic rings. The normalized spacial score (nSPS) is 23.2. The Morgan fingerprint density at radius 1 is 1.18 bits per heavy atom. The average Bonchev–Trinajstić information content (AvgIpc) is 2.91. The highest BCUT2D eigenvalue weighted by Gasteiger charge is 2.31. The summed E-state index contributed by atoms with van der Waals surface area (Å²) >= 11 is 0. The Labute approximate surface area is 129 Å².